The van der Waals surface area contributed by atoms with Gasteiger partial charge in [-0.1, -0.05) is 17.7 Å². The largest absolute Gasteiger partial charge is 0.348 e. The maximum atomic E-state index is 13.1. The second-order valence-electron chi connectivity index (χ2n) is 6.62. The van der Waals surface area contributed by atoms with E-state index in [0.29, 0.717) is 5.69 Å². The fraction of sp³-hybridized carbons (Fsp3) is 0.278. The number of aromatic nitrogens is 3. The lowest BCUT2D eigenvalue weighted by Gasteiger charge is -2.33. The van der Waals surface area contributed by atoms with Crippen molar-refractivity contribution in [1.29, 1.82) is 0 Å². The predicted octanol–water partition coefficient (Wildman–Crippen LogP) is 1.82. The molecule has 28 heavy (non-hydrogen) atoms. The SMILES string of the molecule is Cc1ccc(S(=O)(=O)N2Cc3ccnn3[C@H](CNC(=O)c3cscn3)C2)cc1. The third-order valence-electron chi connectivity index (χ3n) is 4.67. The Morgan fingerprint density at radius 1 is 1.29 bits per heavy atom. The molecule has 1 aliphatic rings. The van der Waals surface area contributed by atoms with Gasteiger partial charge in [0.2, 0.25) is 10.0 Å². The van der Waals surface area contributed by atoms with Crippen LogP contribution < -0.4 is 5.32 Å². The number of aryl methyl sites for hydroxylation is 1. The van der Waals surface area contributed by atoms with Crippen molar-refractivity contribution in [2.45, 2.75) is 24.4 Å². The maximum absolute atomic E-state index is 13.1. The number of rotatable bonds is 5. The van der Waals surface area contributed by atoms with Gasteiger partial charge in [0.1, 0.15) is 5.69 Å². The van der Waals surface area contributed by atoms with E-state index >= 15 is 0 Å². The third kappa shape index (κ3) is 3.58. The van der Waals surface area contributed by atoms with Gasteiger partial charge in [0.15, 0.2) is 0 Å². The fourth-order valence-electron chi connectivity index (χ4n) is 3.17. The molecular formula is C18H19N5O3S2. The van der Waals surface area contributed by atoms with Gasteiger partial charge in [-0.05, 0) is 25.1 Å². The van der Waals surface area contributed by atoms with Gasteiger partial charge in [0.05, 0.1) is 28.7 Å². The minimum Gasteiger partial charge on any atom is -0.348 e. The smallest absolute Gasteiger partial charge is 0.270 e. The zero-order valence-electron chi connectivity index (χ0n) is 15.1. The van der Waals surface area contributed by atoms with Crippen LogP contribution >= 0.6 is 11.3 Å². The van der Waals surface area contributed by atoms with Crippen molar-refractivity contribution in [3.05, 3.63) is 64.4 Å². The zero-order valence-corrected chi connectivity index (χ0v) is 16.8. The number of nitrogens with zero attached hydrogens (tertiary/aromatic N) is 4. The molecule has 0 aliphatic carbocycles. The molecule has 0 spiro atoms. The summed E-state index contributed by atoms with van der Waals surface area (Å²) in [6, 6.07) is 8.30. The lowest BCUT2D eigenvalue weighted by molar-refractivity contribution is 0.0938. The number of thiazole rings is 1. The molecule has 1 N–H and O–H groups in total. The van der Waals surface area contributed by atoms with Crippen molar-refractivity contribution in [1.82, 2.24) is 24.4 Å². The van der Waals surface area contributed by atoms with E-state index in [4.69, 9.17) is 0 Å². The molecule has 8 nitrogen and oxygen atoms in total. The van der Waals surface area contributed by atoms with Crippen molar-refractivity contribution >= 4 is 27.3 Å². The Labute approximate surface area is 166 Å². The number of amides is 1. The van der Waals surface area contributed by atoms with E-state index in [0.717, 1.165) is 11.3 Å². The third-order valence-corrected chi connectivity index (χ3v) is 7.09. The summed E-state index contributed by atoms with van der Waals surface area (Å²) < 4.78 is 29.4. The summed E-state index contributed by atoms with van der Waals surface area (Å²) in [5.41, 5.74) is 3.73. The Hall–Kier alpha value is -2.56. The highest BCUT2D eigenvalue weighted by atomic mass is 32.2. The topological polar surface area (TPSA) is 97.2 Å². The Morgan fingerprint density at radius 3 is 2.79 bits per heavy atom. The number of benzene rings is 1. The van der Waals surface area contributed by atoms with Crippen LogP contribution in [-0.2, 0) is 16.6 Å². The van der Waals surface area contributed by atoms with Gasteiger partial charge in [-0.2, -0.15) is 9.40 Å². The van der Waals surface area contributed by atoms with E-state index in [9.17, 15) is 13.2 Å². The Balaban J connectivity index is 1.55. The van der Waals surface area contributed by atoms with Gasteiger partial charge in [-0.15, -0.1) is 11.3 Å². The summed E-state index contributed by atoms with van der Waals surface area (Å²) in [6.07, 6.45) is 1.65. The van der Waals surface area contributed by atoms with Gasteiger partial charge >= 0.3 is 0 Å². The van der Waals surface area contributed by atoms with Crippen molar-refractivity contribution in [3.63, 3.8) is 0 Å². The first-order valence-electron chi connectivity index (χ1n) is 8.71. The van der Waals surface area contributed by atoms with Gasteiger partial charge in [0.25, 0.3) is 5.91 Å². The average molecular weight is 418 g/mol. The molecule has 0 fully saturated rings. The molecule has 0 unspecified atom stereocenters. The van der Waals surface area contributed by atoms with E-state index < -0.39 is 10.0 Å². The summed E-state index contributed by atoms with van der Waals surface area (Å²) in [5, 5.41) is 8.81. The van der Waals surface area contributed by atoms with Crippen LogP contribution in [0.4, 0.5) is 0 Å². The molecule has 2 aromatic heterocycles. The quantitative estimate of drug-likeness (QED) is 0.683. The average Bonchev–Trinajstić information content (AvgIpc) is 3.37. The van der Waals surface area contributed by atoms with Crippen LogP contribution in [0.5, 0.6) is 0 Å². The van der Waals surface area contributed by atoms with Crippen LogP contribution in [0.1, 0.15) is 27.8 Å². The molecule has 0 saturated carbocycles. The van der Waals surface area contributed by atoms with Gasteiger partial charge in [0, 0.05) is 24.7 Å². The van der Waals surface area contributed by atoms with Crippen molar-refractivity contribution in [2.75, 3.05) is 13.1 Å². The van der Waals surface area contributed by atoms with Crippen LogP contribution in [0.2, 0.25) is 0 Å². The highest BCUT2D eigenvalue weighted by molar-refractivity contribution is 7.89. The number of fused-ring (bicyclic) bond motifs is 1. The zero-order chi connectivity index (χ0) is 19.7. The summed E-state index contributed by atoms with van der Waals surface area (Å²) in [4.78, 5) is 16.5. The van der Waals surface area contributed by atoms with E-state index in [1.807, 2.05) is 6.92 Å². The van der Waals surface area contributed by atoms with Crippen LogP contribution in [0, 0.1) is 6.92 Å². The normalized spacial score (nSPS) is 17.2. The van der Waals surface area contributed by atoms with Crippen LogP contribution in [0.25, 0.3) is 0 Å². The number of hydrogen-bond acceptors (Lipinski definition) is 6. The summed E-state index contributed by atoms with van der Waals surface area (Å²) in [5.74, 6) is -0.284. The number of nitrogens with one attached hydrogen (secondary N) is 1. The summed E-state index contributed by atoms with van der Waals surface area (Å²) in [7, 11) is -3.65. The molecule has 1 amide bonds. The first kappa shape index (κ1) is 18.8. The first-order valence-corrected chi connectivity index (χ1v) is 11.1. The molecule has 4 rings (SSSR count). The second-order valence-corrected chi connectivity index (χ2v) is 9.27. The second kappa shape index (κ2) is 7.46. The van der Waals surface area contributed by atoms with Crippen molar-refractivity contribution < 1.29 is 13.2 Å². The monoisotopic (exact) mass is 417 g/mol. The van der Waals surface area contributed by atoms with Gasteiger partial charge in [-0.25, -0.2) is 13.4 Å². The van der Waals surface area contributed by atoms with E-state index in [-0.39, 0.29) is 36.5 Å². The molecule has 1 aliphatic heterocycles. The standard InChI is InChI=1S/C18H19N5O3S2/c1-13-2-4-16(5-3-13)28(25,26)22-9-14-6-7-21-23(14)15(10-22)8-19-18(24)17-11-27-12-20-17/h2-7,11-12,15H,8-10H2,1H3,(H,19,24)/t15-/m1/s1. The van der Waals surface area contributed by atoms with Gasteiger partial charge in [-0.3, -0.25) is 9.48 Å². The van der Waals surface area contributed by atoms with Crippen LogP contribution in [0.3, 0.4) is 0 Å². The van der Waals surface area contributed by atoms with E-state index in [1.54, 1.807) is 52.1 Å². The number of carbonyl (C=O) groups excluding carboxylic acids is 1. The predicted molar refractivity (Wildman–Crippen MR) is 104 cm³/mol. The van der Waals surface area contributed by atoms with Crippen LogP contribution in [-0.4, -0.2) is 46.5 Å². The maximum Gasteiger partial charge on any atom is 0.270 e. The van der Waals surface area contributed by atoms with Crippen molar-refractivity contribution in [3.8, 4) is 0 Å². The minimum absolute atomic E-state index is 0.224. The summed E-state index contributed by atoms with van der Waals surface area (Å²) >= 11 is 1.34. The molecule has 0 radical (unpaired) electrons. The molecule has 1 aromatic carbocycles. The van der Waals surface area contributed by atoms with Crippen LogP contribution in [0.15, 0.2) is 52.3 Å². The number of carbonyl (C=O) groups is 1. The van der Waals surface area contributed by atoms with E-state index in [1.165, 1.54) is 15.6 Å². The minimum atomic E-state index is -3.65. The molecule has 3 heterocycles. The first-order chi connectivity index (χ1) is 13.4. The van der Waals surface area contributed by atoms with Gasteiger partial charge < -0.3 is 5.32 Å². The van der Waals surface area contributed by atoms with E-state index in [2.05, 4.69) is 15.4 Å². The molecular weight excluding hydrogens is 398 g/mol. The Morgan fingerprint density at radius 2 is 2.07 bits per heavy atom. The Bertz CT molecular complexity index is 1070. The highest BCUT2D eigenvalue weighted by Gasteiger charge is 2.34. The number of hydrogen-bond donors (Lipinski definition) is 1. The fourth-order valence-corrected chi connectivity index (χ4v) is 5.15. The molecule has 0 bridgehead atoms. The summed E-state index contributed by atoms with van der Waals surface area (Å²) in [6.45, 7) is 2.64. The molecule has 146 valence electrons. The molecule has 3 aromatic rings. The molecule has 0 saturated heterocycles. The molecule has 1 atom stereocenters. The Kier molecular flexibility index (Phi) is 5.00. The highest BCUT2D eigenvalue weighted by Crippen LogP contribution is 2.26. The number of sulfonamides is 1. The van der Waals surface area contributed by atoms with Crippen molar-refractivity contribution in [2.24, 2.45) is 0 Å². The molecule has 10 heteroatoms. The lowest BCUT2D eigenvalue weighted by atomic mass is 10.2. The lowest BCUT2D eigenvalue weighted by Crippen LogP contribution is -2.45.